The number of methoxy groups -OCH3 is 1. The molecule has 1 aliphatic heterocycles. The molecule has 1 aliphatic rings. The van der Waals surface area contributed by atoms with Crippen molar-refractivity contribution in [3.05, 3.63) is 17.5 Å². The van der Waals surface area contributed by atoms with Crippen LogP contribution in [0.25, 0.3) is 0 Å². The molecule has 0 aliphatic carbocycles. The van der Waals surface area contributed by atoms with Crippen molar-refractivity contribution in [3.63, 3.8) is 0 Å². The lowest BCUT2D eigenvalue weighted by Crippen LogP contribution is -2.44. The molecule has 2 heterocycles. The fourth-order valence-electron chi connectivity index (χ4n) is 2.45. The fraction of sp³-hybridized carbons (Fsp3) is 0.615. The van der Waals surface area contributed by atoms with E-state index in [2.05, 4.69) is 5.10 Å². The van der Waals surface area contributed by atoms with Crippen LogP contribution in [0.5, 0.6) is 0 Å². The summed E-state index contributed by atoms with van der Waals surface area (Å²) >= 11 is 0. The van der Waals surface area contributed by atoms with Gasteiger partial charge in [0.2, 0.25) is 0 Å². The van der Waals surface area contributed by atoms with E-state index in [0.29, 0.717) is 18.7 Å². The first kappa shape index (κ1) is 14.5. The van der Waals surface area contributed by atoms with E-state index in [4.69, 9.17) is 4.74 Å². The molecule has 1 N–H and O–H groups in total. The number of ether oxygens (including phenoxy) is 1. The van der Waals surface area contributed by atoms with Gasteiger partial charge in [-0.25, -0.2) is 4.79 Å². The Morgan fingerprint density at radius 1 is 1.55 bits per heavy atom. The van der Waals surface area contributed by atoms with Crippen molar-refractivity contribution in [1.82, 2.24) is 14.7 Å². The van der Waals surface area contributed by atoms with Crippen molar-refractivity contribution in [3.8, 4) is 0 Å². The average molecular weight is 281 g/mol. The summed E-state index contributed by atoms with van der Waals surface area (Å²) in [6.45, 7) is 2.39. The van der Waals surface area contributed by atoms with Crippen LogP contribution in [-0.4, -0.2) is 57.5 Å². The predicted molar refractivity (Wildman–Crippen MR) is 70.5 cm³/mol. The van der Waals surface area contributed by atoms with Crippen LogP contribution in [0.4, 0.5) is 0 Å². The lowest BCUT2D eigenvalue weighted by molar-refractivity contribution is -0.160. The van der Waals surface area contributed by atoms with Gasteiger partial charge in [-0.15, -0.1) is 0 Å². The van der Waals surface area contributed by atoms with Crippen LogP contribution in [0.1, 0.15) is 29.5 Å². The minimum atomic E-state index is -1.29. The Bertz CT molecular complexity index is 540. The average Bonchev–Trinajstić information content (AvgIpc) is 3.02. The third-order valence-electron chi connectivity index (χ3n) is 3.81. The molecular formula is C13H19N3O4. The highest BCUT2D eigenvalue weighted by Gasteiger charge is 2.47. The van der Waals surface area contributed by atoms with Gasteiger partial charge in [0, 0.05) is 27.1 Å². The predicted octanol–water partition coefficient (Wildman–Crippen LogP) is 0.298. The minimum Gasteiger partial charge on any atom is -0.479 e. The van der Waals surface area contributed by atoms with E-state index in [1.807, 2.05) is 6.92 Å². The van der Waals surface area contributed by atoms with E-state index < -0.39 is 11.6 Å². The summed E-state index contributed by atoms with van der Waals surface area (Å²) in [6.07, 6.45) is 1.04. The molecule has 1 unspecified atom stereocenters. The maximum Gasteiger partial charge on any atom is 0.337 e. The molecule has 1 aromatic heterocycles. The Balaban J connectivity index is 2.19. The van der Waals surface area contributed by atoms with E-state index in [1.54, 1.807) is 13.1 Å². The van der Waals surface area contributed by atoms with E-state index in [0.717, 1.165) is 12.1 Å². The molecule has 1 aromatic rings. The maximum absolute atomic E-state index is 12.4. The van der Waals surface area contributed by atoms with Crippen LogP contribution in [0.15, 0.2) is 6.07 Å². The number of likely N-dealkylation sites (tertiary alicyclic amines) is 1. The maximum atomic E-state index is 12.4. The number of nitrogens with zero attached hydrogens (tertiary/aromatic N) is 3. The van der Waals surface area contributed by atoms with Gasteiger partial charge in [0.25, 0.3) is 5.91 Å². The second-order valence-corrected chi connectivity index (χ2v) is 4.98. The van der Waals surface area contributed by atoms with Crippen LogP contribution in [0.3, 0.4) is 0 Å². The Hall–Kier alpha value is -1.89. The molecule has 1 fully saturated rings. The van der Waals surface area contributed by atoms with Crippen LogP contribution in [-0.2, 0) is 23.0 Å². The van der Waals surface area contributed by atoms with E-state index in [1.165, 1.54) is 16.7 Å². The molecule has 7 nitrogen and oxygen atoms in total. The Morgan fingerprint density at radius 2 is 2.25 bits per heavy atom. The number of aliphatic carboxylic acids is 1. The summed E-state index contributed by atoms with van der Waals surface area (Å²) < 4.78 is 6.65. The highest BCUT2D eigenvalue weighted by atomic mass is 16.5. The first-order chi connectivity index (χ1) is 9.43. The van der Waals surface area contributed by atoms with Gasteiger partial charge in [0.15, 0.2) is 5.60 Å². The second-order valence-electron chi connectivity index (χ2n) is 4.98. The van der Waals surface area contributed by atoms with Crippen molar-refractivity contribution in [1.29, 1.82) is 0 Å². The van der Waals surface area contributed by atoms with Gasteiger partial charge in [-0.05, 0) is 12.5 Å². The monoisotopic (exact) mass is 281 g/mol. The quantitative estimate of drug-likeness (QED) is 0.858. The molecule has 1 atom stereocenters. The molecule has 1 amide bonds. The number of hydrogen-bond donors (Lipinski definition) is 1. The number of carbonyl (C=O) groups excluding carboxylic acids is 1. The van der Waals surface area contributed by atoms with Crippen molar-refractivity contribution in [2.24, 2.45) is 7.05 Å². The molecule has 0 spiro atoms. The summed E-state index contributed by atoms with van der Waals surface area (Å²) in [6, 6.07) is 1.75. The lowest BCUT2D eigenvalue weighted by atomic mass is 10.0. The zero-order chi connectivity index (χ0) is 14.9. The fourth-order valence-corrected chi connectivity index (χ4v) is 2.45. The van der Waals surface area contributed by atoms with E-state index >= 15 is 0 Å². The number of amides is 1. The SMILES string of the molecule is CCc1cc(C(=O)N2CCC(OC)(C(=O)O)C2)n(C)n1. The third-order valence-corrected chi connectivity index (χ3v) is 3.81. The number of carbonyl (C=O) groups is 2. The van der Waals surface area contributed by atoms with Crippen LogP contribution in [0, 0.1) is 0 Å². The molecule has 7 heteroatoms. The summed E-state index contributed by atoms with van der Waals surface area (Å²) in [5.74, 6) is -1.24. The van der Waals surface area contributed by atoms with Crippen LogP contribution >= 0.6 is 0 Å². The van der Waals surface area contributed by atoms with Crippen molar-refractivity contribution in [2.45, 2.75) is 25.4 Å². The number of carboxylic acids is 1. The van der Waals surface area contributed by atoms with Gasteiger partial charge in [-0.1, -0.05) is 6.92 Å². The summed E-state index contributed by atoms with van der Waals surface area (Å²) in [5, 5.41) is 13.5. The zero-order valence-electron chi connectivity index (χ0n) is 11.9. The number of hydrogen-bond acceptors (Lipinski definition) is 4. The summed E-state index contributed by atoms with van der Waals surface area (Å²) in [5.41, 5.74) is 0.0207. The first-order valence-electron chi connectivity index (χ1n) is 6.54. The van der Waals surface area contributed by atoms with Crippen molar-refractivity contribution in [2.75, 3.05) is 20.2 Å². The van der Waals surface area contributed by atoms with Gasteiger partial charge in [-0.2, -0.15) is 5.10 Å². The van der Waals surface area contributed by atoms with Gasteiger partial charge in [0.05, 0.1) is 12.2 Å². The highest BCUT2D eigenvalue weighted by Crippen LogP contribution is 2.26. The van der Waals surface area contributed by atoms with Crippen molar-refractivity contribution < 1.29 is 19.4 Å². The number of aryl methyl sites for hydroxylation is 2. The molecule has 0 aromatic carbocycles. The van der Waals surface area contributed by atoms with Gasteiger partial charge < -0.3 is 14.7 Å². The van der Waals surface area contributed by atoms with E-state index in [-0.39, 0.29) is 12.5 Å². The topological polar surface area (TPSA) is 84.7 Å². The largest absolute Gasteiger partial charge is 0.479 e. The second kappa shape index (κ2) is 5.24. The molecule has 0 bridgehead atoms. The van der Waals surface area contributed by atoms with E-state index in [9.17, 15) is 14.7 Å². The molecular weight excluding hydrogens is 262 g/mol. The molecule has 1 saturated heterocycles. The molecule has 2 rings (SSSR count). The summed E-state index contributed by atoms with van der Waals surface area (Å²) in [4.78, 5) is 25.2. The lowest BCUT2D eigenvalue weighted by Gasteiger charge is -2.23. The van der Waals surface area contributed by atoms with Crippen LogP contribution in [0.2, 0.25) is 0 Å². The summed E-state index contributed by atoms with van der Waals surface area (Å²) in [7, 11) is 3.07. The molecule has 110 valence electrons. The standard InChI is InChI=1S/C13H19N3O4/c1-4-9-7-10(15(2)14-9)11(17)16-6-5-13(8-16,20-3)12(18)19/h7H,4-6,8H2,1-3H3,(H,18,19). The van der Waals surface area contributed by atoms with Crippen LogP contribution < -0.4 is 0 Å². The molecule has 20 heavy (non-hydrogen) atoms. The third kappa shape index (κ3) is 2.29. The highest BCUT2D eigenvalue weighted by molar-refractivity contribution is 5.94. The number of rotatable bonds is 4. The Labute approximate surface area is 117 Å². The molecule has 0 saturated carbocycles. The minimum absolute atomic E-state index is 0.0598. The Kier molecular flexibility index (Phi) is 3.80. The van der Waals surface area contributed by atoms with Gasteiger partial charge >= 0.3 is 5.97 Å². The van der Waals surface area contributed by atoms with Gasteiger partial charge in [0.1, 0.15) is 5.69 Å². The van der Waals surface area contributed by atoms with Gasteiger partial charge in [-0.3, -0.25) is 9.48 Å². The number of carboxylic acid groups (broad SMARTS) is 1. The first-order valence-corrected chi connectivity index (χ1v) is 6.54. The number of aromatic nitrogens is 2. The normalized spacial score (nSPS) is 22.2. The molecule has 0 radical (unpaired) electrons. The zero-order valence-corrected chi connectivity index (χ0v) is 11.9. The Morgan fingerprint density at radius 3 is 2.70 bits per heavy atom. The smallest absolute Gasteiger partial charge is 0.337 e. The van der Waals surface area contributed by atoms with Crippen molar-refractivity contribution >= 4 is 11.9 Å².